The van der Waals surface area contributed by atoms with Crippen molar-refractivity contribution in [2.45, 2.75) is 25.5 Å². The third-order valence-electron chi connectivity index (χ3n) is 3.39. The summed E-state index contributed by atoms with van der Waals surface area (Å²) >= 11 is 0. The van der Waals surface area contributed by atoms with Gasteiger partial charge >= 0.3 is 6.61 Å². The Morgan fingerprint density at radius 3 is 3.00 bits per heavy atom. The van der Waals surface area contributed by atoms with Gasteiger partial charge in [0.1, 0.15) is 5.76 Å². The zero-order valence-electron chi connectivity index (χ0n) is 8.95. The van der Waals surface area contributed by atoms with Gasteiger partial charge < -0.3 is 10.1 Å². The second-order valence-corrected chi connectivity index (χ2v) is 4.38. The third kappa shape index (κ3) is 1.66. The van der Waals surface area contributed by atoms with E-state index in [2.05, 4.69) is 10.1 Å². The molecular weight excluding hydrogens is 228 g/mol. The maximum Gasteiger partial charge on any atom is 0.387 e. The Morgan fingerprint density at radius 1 is 1.41 bits per heavy atom. The molecular formula is C12H11F2NO2. The topological polar surface area (TPSA) is 38.3 Å². The van der Waals surface area contributed by atoms with Crippen LogP contribution in [0.15, 0.2) is 35.1 Å². The third-order valence-corrected chi connectivity index (χ3v) is 3.39. The van der Waals surface area contributed by atoms with Gasteiger partial charge in [-0.1, -0.05) is 6.08 Å². The van der Waals surface area contributed by atoms with Crippen LogP contribution in [0.25, 0.3) is 0 Å². The Kier molecular flexibility index (Phi) is 2.28. The lowest BCUT2D eigenvalue weighted by Gasteiger charge is -2.29. The number of amides is 1. The highest BCUT2D eigenvalue weighted by atomic mass is 19.3. The van der Waals surface area contributed by atoms with Crippen molar-refractivity contribution in [2.75, 3.05) is 0 Å². The number of alkyl halides is 2. The molecule has 0 aromatic heterocycles. The minimum absolute atomic E-state index is 0.0184. The Labute approximate surface area is 96.8 Å². The standard InChI is InChI=1S/C12H11F2NO2/c13-12(14)17-10-4-3-8-7-2-1-6(5-9(7)10)15-11(8)16/h2-4,6,9,12H,1,5H2,(H,15,16). The molecule has 0 radical (unpaired) electrons. The Hall–Kier alpha value is -1.65. The number of rotatable bonds is 2. The number of allylic oxidation sites excluding steroid dienone is 3. The average molecular weight is 239 g/mol. The minimum atomic E-state index is -2.82. The smallest absolute Gasteiger partial charge is 0.387 e. The average Bonchev–Trinajstić information content (AvgIpc) is 2.48. The number of ether oxygens (including phenoxy) is 1. The number of fused-ring (bicyclic) bond motifs is 2. The zero-order chi connectivity index (χ0) is 12.0. The molecule has 90 valence electrons. The molecule has 1 N–H and O–H groups in total. The van der Waals surface area contributed by atoms with Gasteiger partial charge in [-0.25, -0.2) is 0 Å². The fourth-order valence-corrected chi connectivity index (χ4v) is 2.68. The molecule has 2 heterocycles. The molecule has 2 atom stereocenters. The van der Waals surface area contributed by atoms with Gasteiger partial charge in [0.15, 0.2) is 0 Å². The quantitative estimate of drug-likeness (QED) is 0.799. The highest BCUT2D eigenvalue weighted by Gasteiger charge is 2.38. The van der Waals surface area contributed by atoms with E-state index in [-0.39, 0.29) is 23.6 Å². The van der Waals surface area contributed by atoms with Gasteiger partial charge in [-0.2, -0.15) is 8.78 Å². The van der Waals surface area contributed by atoms with Crippen LogP contribution < -0.4 is 5.32 Å². The molecule has 4 rings (SSSR count). The number of halogens is 2. The molecule has 0 aromatic carbocycles. The molecule has 1 saturated heterocycles. The highest BCUT2D eigenvalue weighted by Crippen LogP contribution is 2.41. The first-order valence-corrected chi connectivity index (χ1v) is 5.53. The molecule has 4 aliphatic rings. The van der Waals surface area contributed by atoms with Crippen LogP contribution in [0.5, 0.6) is 0 Å². The van der Waals surface area contributed by atoms with Crippen LogP contribution in [-0.4, -0.2) is 18.6 Å². The number of nitrogens with one attached hydrogen (secondary N) is 1. The van der Waals surface area contributed by atoms with E-state index in [1.54, 1.807) is 6.08 Å². The first-order chi connectivity index (χ1) is 8.15. The van der Waals surface area contributed by atoms with E-state index < -0.39 is 6.61 Å². The number of hydrogen-bond donors (Lipinski definition) is 1. The summed E-state index contributed by atoms with van der Waals surface area (Å²) in [5.41, 5.74) is 1.41. The molecule has 0 aromatic rings. The van der Waals surface area contributed by atoms with Crippen molar-refractivity contribution in [3.63, 3.8) is 0 Å². The van der Waals surface area contributed by atoms with Crippen LogP contribution >= 0.6 is 0 Å². The van der Waals surface area contributed by atoms with E-state index in [9.17, 15) is 13.6 Å². The molecule has 1 fully saturated rings. The van der Waals surface area contributed by atoms with E-state index >= 15 is 0 Å². The van der Waals surface area contributed by atoms with Gasteiger partial charge in [-0.15, -0.1) is 0 Å². The summed E-state index contributed by atoms with van der Waals surface area (Å²) in [5.74, 6) is -0.0634. The van der Waals surface area contributed by atoms with Crippen molar-refractivity contribution in [3.05, 3.63) is 35.1 Å². The SMILES string of the molecule is O=C1NC2CC=C3C1=CC=C(OC(F)F)C3C2. The van der Waals surface area contributed by atoms with Crippen molar-refractivity contribution >= 4 is 5.91 Å². The second kappa shape index (κ2) is 3.68. The van der Waals surface area contributed by atoms with Crippen molar-refractivity contribution < 1.29 is 18.3 Å². The van der Waals surface area contributed by atoms with Crippen LogP contribution in [0.1, 0.15) is 12.8 Å². The molecule has 2 unspecified atom stereocenters. The lowest BCUT2D eigenvalue weighted by Crippen LogP contribution is -2.33. The molecule has 4 bridgehead atoms. The van der Waals surface area contributed by atoms with Crippen LogP contribution in [0.4, 0.5) is 8.78 Å². The molecule has 17 heavy (non-hydrogen) atoms. The van der Waals surface area contributed by atoms with E-state index in [1.807, 2.05) is 6.08 Å². The van der Waals surface area contributed by atoms with E-state index in [0.717, 1.165) is 12.0 Å². The molecule has 0 spiro atoms. The molecule has 3 nitrogen and oxygen atoms in total. The summed E-state index contributed by atoms with van der Waals surface area (Å²) in [4.78, 5) is 11.8. The summed E-state index contributed by atoms with van der Waals surface area (Å²) in [6.07, 6.45) is 6.38. The maximum atomic E-state index is 12.3. The summed E-state index contributed by atoms with van der Waals surface area (Å²) in [5, 5.41) is 2.88. The maximum absolute atomic E-state index is 12.3. The summed E-state index contributed by atoms with van der Waals surface area (Å²) in [6, 6.07) is 0.0184. The molecule has 1 amide bonds. The lowest BCUT2D eigenvalue weighted by molar-refractivity contribution is -0.117. The van der Waals surface area contributed by atoms with Crippen LogP contribution in [-0.2, 0) is 9.53 Å². The van der Waals surface area contributed by atoms with Gasteiger partial charge in [-0.3, -0.25) is 4.79 Å². The Bertz CT molecular complexity index is 465. The predicted molar refractivity (Wildman–Crippen MR) is 56.0 cm³/mol. The normalized spacial score (nSPS) is 30.3. The summed E-state index contributed by atoms with van der Waals surface area (Å²) < 4.78 is 29.1. The molecule has 5 heteroatoms. The zero-order valence-corrected chi connectivity index (χ0v) is 8.95. The molecule has 2 aliphatic carbocycles. The Balaban J connectivity index is 2.01. The first-order valence-electron chi connectivity index (χ1n) is 5.53. The van der Waals surface area contributed by atoms with Gasteiger partial charge in [0, 0.05) is 17.5 Å². The van der Waals surface area contributed by atoms with Gasteiger partial charge in [0.2, 0.25) is 0 Å². The Morgan fingerprint density at radius 2 is 2.24 bits per heavy atom. The van der Waals surface area contributed by atoms with Crippen molar-refractivity contribution in [1.82, 2.24) is 5.32 Å². The van der Waals surface area contributed by atoms with Crippen LogP contribution in [0, 0.1) is 5.92 Å². The van der Waals surface area contributed by atoms with E-state index in [1.165, 1.54) is 6.08 Å². The molecule has 2 aliphatic heterocycles. The fourth-order valence-electron chi connectivity index (χ4n) is 2.68. The lowest BCUT2D eigenvalue weighted by atomic mass is 9.79. The first kappa shape index (κ1) is 10.5. The summed E-state index contributed by atoms with van der Waals surface area (Å²) in [7, 11) is 0. The highest BCUT2D eigenvalue weighted by molar-refractivity contribution is 6.00. The van der Waals surface area contributed by atoms with Crippen molar-refractivity contribution in [3.8, 4) is 0 Å². The van der Waals surface area contributed by atoms with Crippen molar-refractivity contribution in [1.29, 1.82) is 0 Å². The van der Waals surface area contributed by atoms with Gasteiger partial charge in [0.05, 0.1) is 0 Å². The summed E-state index contributed by atoms with van der Waals surface area (Å²) in [6.45, 7) is -2.82. The number of carbonyl (C=O) groups excluding carboxylic acids is 1. The minimum Gasteiger partial charge on any atom is -0.439 e. The van der Waals surface area contributed by atoms with Gasteiger partial charge in [0.25, 0.3) is 5.91 Å². The van der Waals surface area contributed by atoms with Gasteiger partial charge in [-0.05, 0) is 30.6 Å². The monoisotopic (exact) mass is 239 g/mol. The second-order valence-electron chi connectivity index (χ2n) is 4.38. The van der Waals surface area contributed by atoms with Crippen LogP contribution in [0.2, 0.25) is 0 Å². The predicted octanol–water partition coefficient (Wildman–Crippen LogP) is 1.88. The molecule has 0 saturated carbocycles. The number of carbonyl (C=O) groups is 1. The van der Waals surface area contributed by atoms with E-state index in [0.29, 0.717) is 12.0 Å². The van der Waals surface area contributed by atoms with E-state index in [4.69, 9.17) is 0 Å². The fraction of sp³-hybridized carbons (Fsp3) is 0.417. The van der Waals surface area contributed by atoms with Crippen molar-refractivity contribution in [2.24, 2.45) is 5.92 Å². The largest absolute Gasteiger partial charge is 0.439 e. The number of hydrogen-bond acceptors (Lipinski definition) is 2. The van der Waals surface area contributed by atoms with Crippen LogP contribution in [0.3, 0.4) is 0 Å².